The third-order valence-electron chi connectivity index (χ3n) is 6.62. The Morgan fingerprint density at radius 2 is 1.63 bits per heavy atom. The Bertz CT molecular complexity index is 1220. The van der Waals surface area contributed by atoms with Crippen molar-refractivity contribution in [3.63, 3.8) is 0 Å². The van der Waals surface area contributed by atoms with Gasteiger partial charge in [0.15, 0.2) is 6.61 Å². The van der Waals surface area contributed by atoms with Crippen molar-refractivity contribution in [1.82, 2.24) is 4.31 Å². The molecule has 2 aromatic rings. The number of hydrogen-bond donors (Lipinski definition) is 0. The average molecular weight is 498 g/mol. The van der Waals surface area contributed by atoms with Crippen molar-refractivity contribution >= 4 is 27.6 Å². The lowest BCUT2D eigenvalue weighted by Crippen LogP contribution is -2.42. The highest BCUT2D eigenvalue weighted by molar-refractivity contribution is 7.89. The molecule has 0 bridgehead atoms. The van der Waals surface area contributed by atoms with Crippen LogP contribution < -0.4 is 4.90 Å². The molecule has 0 N–H and O–H groups in total. The van der Waals surface area contributed by atoms with Gasteiger partial charge in [-0.05, 0) is 74.9 Å². The summed E-state index contributed by atoms with van der Waals surface area (Å²) in [6.07, 6.45) is 0.630. The molecule has 35 heavy (non-hydrogen) atoms. The number of hydrogen-bond acceptors (Lipinski definition) is 6. The van der Waals surface area contributed by atoms with Gasteiger partial charge in [0.1, 0.15) is 6.54 Å². The summed E-state index contributed by atoms with van der Waals surface area (Å²) in [5.74, 6) is -1.51. The SMILES string of the molecule is Cc1cc(C)c(C)c(S(=O)(=O)N2CCC(C(=O)OCC(=O)N(CC#N)c3ccccc3)CC2)c1C. The minimum atomic E-state index is -3.70. The van der Waals surface area contributed by atoms with Crippen molar-refractivity contribution < 1.29 is 22.7 Å². The van der Waals surface area contributed by atoms with Gasteiger partial charge in [-0.25, -0.2) is 8.42 Å². The fourth-order valence-corrected chi connectivity index (χ4v) is 6.40. The Hall–Kier alpha value is -3.22. The highest BCUT2D eigenvalue weighted by atomic mass is 32.2. The summed E-state index contributed by atoms with van der Waals surface area (Å²) in [4.78, 5) is 26.8. The lowest BCUT2D eigenvalue weighted by Gasteiger charge is -2.31. The van der Waals surface area contributed by atoms with E-state index in [9.17, 15) is 18.0 Å². The standard InChI is InChI=1S/C26H31N3O5S/c1-18-16-19(2)21(4)25(20(18)3)35(32,33)28-13-10-22(11-14-28)26(31)34-17-24(30)29(15-12-27)23-8-6-5-7-9-23/h5-9,16,22H,10-11,13-15,17H2,1-4H3. The van der Waals surface area contributed by atoms with Crippen LogP contribution in [0.5, 0.6) is 0 Å². The van der Waals surface area contributed by atoms with Crippen molar-refractivity contribution in [3.8, 4) is 6.07 Å². The Labute approximate surface area is 207 Å². The van der Waals surface area contributed by atoms with E-state index in [2.05, 4.69) is 0 Å². The maximum Gasteiger partial charge on any atom is 0.309 e. The average Bonchev–Trinajstić information content (AvgIpc) is 2.85. The number of ether oxygens (including phenoxy) is 1. The van der Waals surface area contributed by atoms with E-state index >= 15 is 0 Å². The maximum absolute atomic E-state index is 13.4. The first-order valence-corrected chi connectivity index (χ1v) is 13.0. The minimum absolute atomic E-state index is 0.159. The second kappa shape index (κ2) is 11.0. The topological polar surface area (TPSA) is 108 Å². The van der Waals surface area contributed by atoms with Gasteiger partial charge in [-0.3, -0.25) is 14.5 Å². The molecule has 9 heteroatoms. The molecular weight excluding hydrogens is 466 g/mol. The number of piperidine rings is 1. The van der Waals surface area contributed by atoms with E-state index in [1.807, 2.05) is 39.8 Å². The number of amides is 1. The van der Waals surface area contributed by atoms with Crippen molar-refractivity contribution in [1.29, 1.82) is 5.26 Å². The van der Waals surface area contributed by atoms with Crippen LogP contribution in [0.25, 0.3) is 0 Å². The van der Waals surface area contributed by atoms with Gasteiger partial charge in [0, 0.05) is 18.8 Å². The summed E-state index contributed by atoms with van der Waals surface area (Å²) in [6.45, 7) is 7.21. The highest BCUT2D eigenvalue weighted by Crippen LogP contribution is 2.31. The Kier molecular flexibility index (Phi) is 8.30. The van der Waals surface area contributed by atoms with E-state index in [1.54, 1.807) is 30.3 Å². The van der Waals surface area contributed by atoms with Crippen LogP contribution in [0.2, 0.25) is 0 Å². The molecule has 0 saturated carbocycles. The molecule has 1 amide bonds. The van der Waals surface area contributed by atoms with E-state index < -0.39 is 34.4 Å². The zero-order valence-corrected chi connectivity index (χ0v) is 21.4. The first-order valence-electron chi connectivity index (χ1n) is 11.5. The molecule has 0 radical (unpaired) electrons. The Morgan fingerprint density at radius 1 is 1.06 bits per heavy atom. The van der Waals surface area contributed by atoms with Crippen molar-refractivity contribution in [2.24, 2.45) is 5.92 Å². The molecule has 3 rings (SSSR count). The number of nitrogens with zero attached hydrogens (tertiary/aromatic N) is 3. The summed E-state index contributed by atoms with van der Waals surface area (Å²) < 4.78 is 33.5. The molecular formula is C26H31N3O5S. The summed E-state index contributed by atoms with van der Waals surface area (Å²) in [5, 5.41) is 9.06. The van der Waals surface area contributed by atoms with E-state index in [0.717, 1.165) is 22.3 Å². The molecule has 0 aromatic heterocycles. The van der Waals surface area contributed by atoms with E-state index in [1.165, 1.54) is 9.21 Å². The zero-order valence-electron chi connectivity index (χ0n) is 20.6. The Morgan fingerprint density at radius 3 is 2.17 bits per heavy atom. The predicted octanol–water partition coefficient (Wildman–Crippen LogP) is 3.42. The zero-order chi connectivity index (χ0) is 25.8. The number of rotatable bonds is 7. The fraction of sp³-hybridized carbons (Fsp3) is 0.423. The maximum atomic E-state index is 13.4. The van der Waals surface area contributed by atoms with Crippen molar-refractivity contribution in [2.75, 3.05) is 31.1 Å². The van der Waals surface area contributed by atoms with Gasteiger partial charge in [-0.2, -0.15) is 9.57 Å². The van der Waals surface area contributed by atoms with Gasteiger partial charge in [0.2, 0.25) is 10.0 Å². The quantitative estimate of drug-likeness (QED) is 0.428. The molecule has 1 fully saturated rings. The molecule has 0 atom stereocenters. The summed E-state index contributed by atoms with van der Waals surface area (Å²) in [6, 6.07) is 12.6. The van der Waals surface area contributed by atoms with Gasteiger partial charge in [-0.15, -0.1) is 0 Å². The van der Waals surface area contributed by atoms with Crippen LogP contribution in [0.4, 0.5) is 5.69 Å². The number of anilines is 1. The number of carbonyl (C=O) groups excluding carboxylic acids is 2. The second-order valence-corrected chi connectivity index (χ2v) is 10.7. The highest BCUT2D eigenvalue weighted by Gasteiger charge is 2.35. The number of benzene rings is 2. The number of nitriles is 1. The van der Waals surface area contributed by atoms with E-state index in [0.29, 0.717) is 23.4 Å². The third kappa shape index (κ3) is 5.72. The van der Waals surface area contributed by atoms with Crippen LogP contribution in [-0.4, -0.2) is 50.8 Å². The monoisotopic (exact) mass is 497 g/mol. The molecule has 1 aliphatic heterocycles. The van der Waals surface area contributed by atoms with Gasteiger partial charge in [0.25, 0.3) is 5.91 Å². The minimum Gasteiger partial charge on any atom is -0.455 e. The van der Waals surface area contributed by atoms with Crippen molar-refractivity contribution in [2.45, 2.75) is 45.4 Å². The molecule has 1 aliphatic rings. The number of aryl methyl sites for hydroxylation is 2. The summed E-state index contributed by atoms with van der Waals surface area (Å²) >= 11 is 0. The van der Waals surface area contributed by atoms with Crippen LogP contribution in [0.1, 0.15) is 35.1 Å². The van der Waals surface area contributed by atoms with Gasteiger partial charge >= 0.3 is 5.97 Å². The Balaban J connectivity index is 1.61. The van der Waals surface area contributed by atoms with Crippen LogP contribution in [0.3, 0.4) is 0 Å². The fourth-order valence-electron chi connectivity index (χ4n) is 4.36. The molecule has 0 unspecified atom stereocenters. The lowest BCUT2D eigenvalue weighted by atomic mass is 9.98. The molecule has 1 saturated heterocycles. The molecule has 2 aromatic carbocycles. The van der Waals surface area contributed by atoms with Gasteiger partial charge in [-0.1, -0.05) is 24.3 Å². The smallest absolute Gasteiger partial charge is 0.309 e. The summed E-state index contributed by atoms with van der Waals surface area (Å²) in [7, 11) is -3.70. The number of para-hydroxylation sites is 1. The van der Waals surface area contributed by atoms with Crippen LogP contribution in [0.15, 0.2) is 41.3 Å². The largest absolute Gasteiger partial charge is 0.455 e. The van der Waals surface area contributed by atoms with Crippen LogP contribution >= 0.6 is 0 Å². The first kappa shape index (κ1) is 26.4. The third-order valence-corrected chi connectivity index (χ3v) is 8.79. The van der Waals surface area contributed by atoms with E-state index in [4.69, 9.17) is 10.00 Å². The number of sulfonamides is 1. The second-order valence-electron chi connectivity index (χ2n) is 8.85. The molecule has 186 valence electrons. The predicted molar refractivity (Wildman–Crippen MR) is 132 cm³/mol. The van der Waals surface area contributed by atoms with Crippen LogP contribution in [-0.2, 0) is 24.3 Å². The van der Waals surface area contributed by atoms with Gasteiger partial charge < -0.3 is 4.74 Å². The normalized spacial score (nSPS) is 14.8. The first-order chi connectivity index (χ1) is 16.6. The molecule has 8 nitrogen and oxygen atoms in total. The van der Waals surface area contributed by atoms with E-state index in [-0.39, 0.29) is 19.6 Å². The number of carbonyl (C=O) groups is 2. The van der Waals surface area contributed by atoms with Crippen molar-refractivity contribution in [3.05, 3.63) is 58.7 Å². The lowest BCUT2D eigenvalue weighted by molar-refractivity contribution is -0.153. The molecule has 0 aliphatic carbocycles. The van der Waals surface area contributed by atoms with Crippen LogP contribution in [0, 0.1) is 44.9 Å². The number of esters is 1. The molecule has 1 heterocycles. The van der Waals surface area contributed by atoms with Gasteiger partial charge in [0.05, 0.1) is 16.9 Å². The summed E-state index contributed by atoms with van der Waals surface area (Å²) in [5.41, 5.74) is 3.89. The molecule has 0 spiro atoms.